The van der Waals surface area contributed by atoms with Crippen LogP contribution in [0.5, 0.6) is 0 Å². The van der Waals surface area contributed by atoms with Crippen molar-refractivity contribution < 1.29 is 23.5 Å². The first-order valence-corrected chi connectivity index (χ1v) is 13.4. The standard InChI is InChI=1S/C28H35FN6O4/c1-28(2,3)39-27(37)33-11-5-7-18(16-33)13-20-14-24(34-12-6-8-21(34)26(36)38-4)32-25(31-20)22-15-30-23-10-9-19(29)17-35(22)23/h9-10,14-15,17-18,21H,5-8,11-13,16H2,1-4H3/t18-,21-/m0/s1. The van der Waals surface area contributed by atoms with Gasteiger partial charge in [-0.15, -0.1) is 0 Å². The van der Waals surface area contributed by atoms with E-state index >= 15 is 0 Å². The van der Waals surface area contributed by atoms with Crippen LogP contribution in [-0.2, 0) is 20.7 Å². The van der Waals surface area contributed by atoms with Crippen LogP contribution in [0.15, 0.2) is 30.6 Å². The number of hydrogen-bond acceptors (Lipinski definition) is 8. The average Bonchev–Trinajstić information content (AvgIpc) is 3.54. The molecule has 0 saturated carbocycles. The molecule has 3 aromatic rings. The van der Waals surface area contributed by atoms with Gasteiger partial charge in [0.25, 0.3) is 0 Å². The van der Waals surface area contributed by atoms with E-state index in [1.54, 1.807) is 21.6 Å². The van der Waals surface area contributed by atoms with Crippen LogP contribution in [0.3, 0.4) is 0 Å². The second-order valence-electron chi connectivity index (χ2n) is 11.3. The fraction of sp³-hybridized carbons (Fsp3) is 0.536. The number of esters is 1. The maximum absolute atomic E-state index is 14.1. The van der Waals surface area contributed by atoms with Gasteiger partial charge in [-0.3, -0.25) is 4.40 Å². The van der Waals surface area contributed by atoms with Crippen molar-refractivity contribution >= 4 is 23.5 Å². The average molecular weight is 539 g/mol. The van der Waals surface area contributed by atoms with Crippen LogP contribution in [-0.4, -0.2) is 74.7 Å². The van der Waals surface area contributed by atoms with Crippen molar-refractivity contribution in [3.05, 3.63) is 42.1 Å². The van der Waals surface area contributed by atoms with Crippen LogP contribution in [0.4, 0.5) is 15.0 Å². The first-order chi connectivity index (χ1) is 18.6. The Morgan fingerprint density at radius 3 is 2.69 bits per heavy atom. The lowest BCUT2D eigenvalue weighted by Gasteiger charge is -2.34. The van der Waals surface area contributed by atoms with Crippen molar-refractivity contribution in [3.8, 4) is 11.5 Å². The second-order valence-corrected chi connectivity index (χ2v) is 11.3. The summed E-state index contributed by atoms with van der Waals surface area (Å²) >= 11 is 0. The Morgan fingerprint density at radius 2 is 1.92 bits per heavy atom. The Labute approximate surface area is 227 Å². The fourth-order valence-electron chi connectivity index (χ4n) is 5.41. The number of methoxy groups -OCH3 is 1. The van der Waals surface area contributed by atoms with Crippen molar-refractivity contribution in [1.29, 1.82) is 0 Å². The molecule has 0 radical (unpaired) electrons. The van der Waals surface area contributed by atoms with Gasteiger partial charge in [0.05, 0.1) is 13.3 Å². The first-order valence-electron chi connectivity index (χ1n) is 13.4. The number of aromatic nitrogens is 4. The van der Waals surface area contributed by atoms with Crippen LogP contribution in [0.2, 0.25) is 0 Å². The summed E-state index contributed by atoms with van der Waals surface area (Å²) in [5.41, 5.74) is 1.36. The van der Waals surface area contributed by atoms with Crippen molar-refractivity contribution in [2.75, 3.05) is 31.6 Å². The van der Waals surface area contributed by atoms with Crippen molar-refractivity contribution in [2.24, 2.45) is 5.92 Å². The number of likely N-dealkylation sites (tertiary alicyclic amines) is 1. The van der Waals surface area contributed by atoms with Crippen LogP contribution in [0.1, 0.15) is 52.1 Å². The van der Waals surface area contributed by atoms with E-state index in [1.165, 1.54) is 19.4 Å². The fourth-order valence-corrected chi connectivity index (χ4v) is 5.41. The van der Waals surface area contributed by atoms with E-state index in [1.807, 2.05) is 31.7 Å². The van der Waals surface area contributed by atoms with Gasteiger partial charge in [-0.05, 0) is 70.9 Å². The minimum absolute atomic E-state index is 0.177. The summed E-state index contributed by atoms with van der Waals surface area (Å²) in [4.78, 5) is 43.0. The number of fused-ring (bicyclic) bond motifs is 1. The van der Waals surface area contributed by atoms with Crippen LogP contribution >= 0.6 is 0 Å². The van der Waals surface area contributed by atoms with Crippen molar-refractivity contribution in [2.45, 2.75) is 64.5 Å². The lowest BCUT2D eigenvalue weighted by molar-refractivity contribution is -0.141. The highest BCUT2D eigenvalue weighted by Crippen LogP contribution is 2.30. The third-order valence-electron chi connectivity index (χ3n) is 7.15. The Hall–Kier alpha value is -3.76. The Bertz CT molecular complexity index is 1370. The largest absolute Gasteiger partial charge is 0.467 e. The molecule has 10 nitrogen and oxygen atoms in total. The van der Waals surface area contributed by atoms with Gasteiger partial charge in [0.1, 0.15) is 34.6 Å². The van der Waals surface area contributed by atoms with Crippen molar-refractivity contribution in [3.63, 3.8) is 0 Å². The number of pyridine rings is 1. The van der Waals surface area contributed by atoms with Gasteiger partial charge in [0, 0.05) is 37.6 Å². The molecule has 3 aromatic heterocycles. The number of rotatable bonds is 5. The zero-order chi connectivity index (χ0) is 27.7. The monoisotopic (exact) mass is 538 g/mol. The number of nitrogens with zero attached hydrogens (tertiary/aromatic N) is 6. The molecule has 2 saturated heterocycles. The maximum atomic E-state index is 14.1. The van der Waals surface area contributed by atoms with E-state index in [0.29, 0.717) is 55.5 Å². The zero-order valence-electron chi connectivity index (χ0n) is 22.9. The third-order valence-corrected chi connectivity index (χ3v) is 7.15. The van der Waals surface area contributed by atoms with Crippen molar-refractivity contribution in [1.82, 2.24) is 24.3 Å². The lowest BCUT2D eigenvalue weighted by Crippen LogP contribution is -2.43. The SMILES string of the molecule is COC(=O)[C@@H]1CCCN1c1cc(C[C@@H]2CCCN(C(=O)OC(C)(C)C)C2)nc(-c2cnc3ccc(F)cn23)n1. The lowest BCUT2D eigenvalue weighted by atomic mass is 9.93. The Morgan fingerprint density at radius 1 is 1.13 bits per heavy atom. The zero-order valence-corrected chi connectivity index (χ0v) is 22.9. The molecule has 208 valence electrons. The maximum Gasteiger partial charge on any atom is 0.410 e. The highest BCUT2D eigenvalue weighted by molar-refractivity contribution is 5.80. The molecule has 0 aliphatic carbocycles. The summed E-state index contributed by atoms with van der Waals surface area (Å²) in [5.74, 6) is 0.501. The third kappa shape index (κ3) is 5.97. The predicted molar refractivity (Wildman–Crippen MR) is 143 cm³/mol. The molecule has 11 heteroatoms. The molecule has 39 heavy (non-hydrogen) atoms. The molecular formula is C28H35FN6O4. The number of piperidine rings is 1. The highest BCUT2D eigenvalue weighted by Gasteiger charge is 2.34. The molecule has 0 bridgehead atoms. The molecule has 2 fully saturated rings. The summed E-state index contributed by atoms with van der Waals surface area (Å²) < 4.78 is 26.4. The summed E-state index contributed by atoms with van der Waals surface area (Å²) in [6.07, 6.45) is 6.63. The van der Waals surface area contributed by atoms with E-state index in [0.717, 1.165) is 25.0 Å². The van der Waals surface area contributed by atoms with Crippen LogP contribution in [0.25, 0.3) is 17.2 Å². The summed E-state index contributed by atoms with van der Waals surface area (Å²) in [6.45, 7) is 7.48. The smallest absolute Gasteiger partial charge is 0.410 e. The number of carbonyl (C=O) groups excluding carboxylic acids is 2. The number of amides is 1. The molecule has 1 amide bonds. The van der Waals surface area contributed by atoms with Gasteiger partial charge in [0.15, 0.2) is 5.82 Å². The Balaban J connectivity index is 1.48. The number of ether oxygens (including phenoxy) is 2. The number of hydrogen-bond donors (Lipinski definition) is 0. The minimum atomic E-state index is -0.556. The number of anilines is 1. The van der Waals surface area contributed by atoms with E-state index in [-0.39, 0.29) is 18.0 Å². The number of carbonyl (C=O) groups is 2. The first kappa shape index (κ1) is 26.8. The summed E-state index contributed by atoms with van der Waals surface area (Å²) in [7, 11) is 1.39. The summed E-state index contributed by atoms with van der Waals surface area (Å²) in [5, 5.41) is 0. The second kappa shape index (κ2) is 10.8. The van der Waals surface area contributed by atoms with Crippen LogP contribution in [0, 0.1) is 11.7 Å². The normalized spacial score (nSPS) is 19.9. The van der Waals surface area contributed by atoms with Gasteiger partial charge in [-0.1, -0.05) is 0 Å². The number of halogens is 1. The molecular weight excluding hydrogens is 503 g/mol. The predicted octanol–water partition coefficient (Wildman–Crippen LogP) is 4.26. The van der Waals surface area contributed by atoms with E-state index in [2.05, 4.69) is 4.98 Å². The van der Waals surface area contributed by atoms with Crippen LogP contribution < -0.4 is 4.90 Å². The van der Waals surface area contributed by atoms with Gasteiger partial charge in [-0.25, -0.2) is 28.9 Å². The minimum Gasteiger partial charge on any atom is -0.467 e. The van der Waals surface area contributed by atoms with E-state index < -0.39 is 17.5 Å². The topological polar surface area (TPSA) is 102 Å². The molecule has 2 aliphatic heterocycles. The van der Waals surface area contributed by atoms with Gasteiger partial charge in [0.2, 0.25) is 0 Å². The molecule has 0 unspecified atom stereocenters. The molecule has 0 aromatic carbocycles. The summed E-state index contributed by atoms with van der Waals surface area (Å²) in [6, 6.07) is 4.45. The van der Waals surface area contributed by atoms with E-state index in [9.17, 15) is 14.0 Å². The molecule has 0 N–H and O–H groups in total. The molecule has 2 aliphatic rings. The molecule has 2 atom stereocenters. The van der Waals surface area contributed by atoms with Gasteiger partial charge < -0.3 is 19.3 Å². The highest BCUT2D eigenvalue weighted by atomic mass is 19.1. The molecule has 5 heterocycles. The van der Waals surface area contributed by atoms with Gasteiger partial charge >= 0.3 is 12.1 Å². The quantitative estimate of drug-likeness (QED) is 0.444. The molecule has 0 spiro atoms. The van der Waals surface area contributed by atoms with Gasteiger partial charge in [-0.2, -0.15) is 0 Å². The van der Waals surface area contributed by atoms with E-state index in [4.69, 9.17) is 19.4 Å². The molecule has 5 rings (SSSR count). The number of imidazole rings is 1. The Kier molecular flexibility index (Phi) is 7.42.